The van der Waals surface area contributed by atoms with Gasteiger partial charge < -0.3 is 10.5 Å². The number of aromatic nitrogens is 3. The molecular formula is C22H28N6O2. The largest absolute Gasteiger partial charge is 0.462 e. The first-order chi connectivity index (χ1) is 14.6. The minimum Gasteiger partial charge on any atom is -0.462 e. The van der Waals surface area contributed by atoms with Crippen molar-refractivity contribution >= 4 is 23.1 Å². The number of para-hydroxylation sites is 1. The molecule has 1 saturated heterocycles. The van der Waals surface area contributed by atoms with Crippen molar-refractivity contribution in [3.63, 3.8) is 0 Å². The van der Waals surface area contributed by atoms with Crippen LogP contribution in [0.25, 0.3) is 5.65 Å². The van der Waals surface area contributed by atoms with Crippen LogP contribution in [0.15, 0.2) is 42.7 Å². The molecule has 1 aliphatic heterocycles. The third kappa shape index (κ3) is 3.95. The van der Waals surface area contributed by atoms with Gasteiger partial charge in [0.1, 0.15) is 5.56 Å². The van der Waals surface area contributed by atoms with Gasteiger partial charge in [0.2, 0.25) is 0 Å². The Morgan fingerprint density at radius 2 is 2.03 bits per heavy atom. The molecule has 2 aromatic heterocycles. The number of nitrogens with two attached hydrogens (primary N) is 1. The van der Waals surface area contributed by atoms with Crippen LogP contribution in [0.2, 0.25) is 0 Å². The van der Waals surface area contributed by atoms with Gasteiger partial charge in [0, 0.05) is 31.4 Å². The molecule has 3 heterocycles. The molecule has 8 nitrogen and oxygen atoms in total. The first-order valence-electron chi connectivity index (χ1n) is 10.5. The molecule has 0 amide bonds. The first-order valence-corrected chi connectivity index (χ1v) is 10.5. The monoisotopic (exact) mass is 408 g/mol. The highest BCUT2D eigenvalue weighted by atomic mass is 16.5. The fourth-order valence-electron chi connectivity index (χ4n) is 3.81. The van der Waals surface area contributed by atoms with Gasteiger partial charge >= 0.3 is 5.97 Å². The van der Waals surface area contributed by atoms with Gasteiger partial charge in [0.15, 0.2) is 11.5 Å². The highest BCUT2D eigenvalue weighted by molar-refractivity contribution is 5.95. The van der Waals surface area contributed by atoms with Crippen molar-refractivity contribution in [3.8, 4) is 0 Å². The molecule has 3 aromatic rings. The Balaban J connectivity index is 1.67. The summed E-state index contributed by atoms with van der Waals surface area (Å²) in [6, 6.07) is 10.5. The highest BCUT2D eigenvalue weighted by Crippen LogP contribution is 2.30. The van der Waals surface area contributed by atoms with E-state index in [0.29, 0.717) is 17.8 Å². The third-order valence-corrected chi connectivity index (χ3v) is 5.28. The third-order valence-electron chi connectivity index (χ3n) is 5.28. The van der Waals surface area contributed by atoms with Crippen LogP contribution in [-0.2, 0) is 11.2 Å². The van der Waals surface area contributed by atoms with Gasteiger partial charge in [-0.2, -0.15) is 5.10 Å². The molecule has 1 aliphatic rings. The van der Waals surface area contributed by atoms with Crippen molar-refractivity contribution in [1.82, 2.24) is 14.6 Å². The average molecular weight is 409 g/mol. The molecule has 158 valence electrons. The number of hydrazine groups is 1. The number of hydrogen-bond acceptors (Lipinski definition) is 7. The molecule has 1 fully saturated rings. The lowest BCUT2D eigenvalue weighted by atomic mass is 10.0. The van der Waals surface area contributed by atoms with Crippen molar-refractivity contribution in [2.45, 2.75) is 39.2 Å². The topological polar surface area (TPSA) is 89.0 Å². The maximum absolute atomic E-state index is 12.3. The van der Waals surface area contributed by atoms with Crippen molar-refractivity contribution < 1.29 is 9.53 Å². The minimum atomic E-state index is -0.406. The van der Waals surface area contributed by atoms with Gasteiger partial charge in [-0.3, -0.25) is 10.0 Å². The second-order valence-corrected chi connectivity index (χ2v) is 7.58. The second-order valence-electron chi connectivity index (χ2n) is 7.58. The number of aryl methyl sites for hydroxylation is 1. The number of nitrogens with zero attached hydrogens (tertiary/aromatic N) is 5. The van der Waals surface area contributed by atoms with E-state index < -0.39 is 5.97 Å². The predicted molar refractivity (Wildman–Crippen MR) is 117 cm³/mol. The average Bonchev–Trinajstić information content (AvgIpc) is 3.39. The molecule has 1 aromatic carbocycles. The molecule has 0 unspecified atom stereocenters. The van der Waals surface area contributed by atoms with Crippen molar-refractivity contribution in [2.24, 2.45) is 5.73 Å². The predicted octanol–water partition coefficient (Wildman–Crippen LogP) is 2.82. The zero-order valence-corrected chi connectivity index (χ0v) is 17.5. The Morgan fingerprint density at radius 1 is 1.23 bits per heavy atom. The molecule has 1 atom stereocenters. The van der Waals surface area contributed by atoms with E-state index in [1.165, 1.54) is 17.4 Å². The minimum absolute atomic E-state index is 0.167. The molecule has 0 bridgehead atoms. The Bertz CT molecular complexity index is 1030. The summed E-state index contributed by atoms with van der Waals surface area (Å²) in [5, 5.41) is 8.68. The Hall–Kier alpha value is -3.13. The van der Waals surface area contributed by atoms with Crippen LogP contribution in [0, 0.1) is 0 Å². The molecule has 30 heavy (non-hydrogen) atoms. The summed E-state index contributed by atoms with van der Waals surface area (Å²) in [6.45, 7) is 5.90. The molecule has 0 saturated carbocycles. The zero-order chi connectivity index (χ0) is 21.1. The van der Waals surface area contributed by atoms with Crippen molar-refractivity contribution in [1.29, 1.82) is 0 Å². The normalized spacial score (nSPS) is 15.0. The maximum Gasteiger partial charge on any atom is 0.343 e. The van der Waals surface area contributed by atoms with Crippen LogP contribution < -0.4 is 15.8 Å². The van der Waals surface area contributed by atoms with Gasteiger partial charge in [-0.1, -0.05) is 18.2 Å². The summed E-state index contributed by atoms with van der Waals surface area (Å²) in [5.74, 6) is 0.379. The van der Waals surface area contributed by atoms with Gasteiger partial charge in [0.05, 0.1) is 18.5 Å². The SMILES string of the molecule is CCOC(=O)c1cnn2ccc(N3CCCN3c3ccccc3CC[C@@H](C)N)nc12. The summed E-state index contributed by atoms with van der Waals surface area (Å²) < 4.78 is 6.75. The van der Waals surface area contributed by atoms with E-state index >= 15 is 0 Å². The quantitative estimate of drug-likeness (QED) is 0.601. The van der Waals surface area contributed by atoms with E-state index in [4.69, 9.17) is 15.5 Å². The fraction of sp³-hybridized carbons (Fsp3) is 0.409. The molecule has 0 spiro atoms. The molecular weight excluding hydrogens is 380 g/mol. The standard InChI is InChI=1S/C22H28N6O2/c1-3-30-22(29)18-15-24-26-14-11-20(25-21(18)26)28-13-6-12-27(28)19-8-5-4-7-17(19)10-9-16(2)23/h4-5,7-8,11,14-16H,3,6,9-10,12-13,23H2,1-2H3/t16-/m1/s1. The van der Waals surface area contributed by atoms with Gasteiger partial charge in [-0.15, -0.1) is 0 Å². The van der Waals surface area contributed by atoms with Gasteiger partial charge in [-0.05, 0) is 44.7 Å². The summed E-state index contributed by atoms with van der Waals surface area (Å²) in [5.41, 5.74) is 9.32. The van der Waals surface area contributed by atoms with Crippen LogP contribution in [0.1, 0.15) is 42.6 Å². The summed E-state index contributed by atoms with van der Waals surface area (Å²) in [4.78, 5) is 17.0. The van der Waals surface area contributed by atoms with Crippen LogP contribution in [0.4, 0.5) is 11.5 Å². The lowest BCUT2D eigenvalue weighted by molar-refractivity contribution is 0.0528. The zero-order valence-electron chi connectivity index (χ0n) is 17.5. The number of ether oxygens (including phenoxy) is 1. The van der Waals surface area contributed by atoms with Gasteiger partial charge in [0.25, 0.3) is 0 Å². The van der Waals surface area contributed by atoms with Crippen LogP contribution >= 0.6 is 0 Å². The first kappa shape index (κ1) is 20.2. The number of hydrogen-bond donors (Lipinski definition) is 1. The number of fused-ring (bicyclic) bond motifs is 1. The number of benzene rings is 1. The number of carbonyl (C=O) groups is 1. The molecule has 2 N–H and O–H groups in total. The van der Waals surface area contributed by atoms with E-state index in [1.807, 2.05) is 19.2 Å². The second kappa shape index (κ2) is 8.71. The molecule has 8 heteroatoms. The number of carbonyl (C=O) groups excluding carboxylic acids is 1. The lowest BCUT2D eigenvalue weighted by Crippen LogP contribution is -2.38. The van der Waals surface area contributed by atoms with Gasteiger partial charge in [-0.25, -0.2) is 14.3 Å². The van der Waals surface area contributed by atoms with E-state index in [0.717, 1.165) is 38.2 Å². The summed E-state index contributed by atoms with van der Waals surface area (Å²) in [7, 11) is 0. The summed E-state index contributed by atoms with van der Waals surface area (Å²) >= 11 is 0. The Labute approximate surface area is 176 Å². The Morgan fingerprint density at radius 3 is 2.83 bits per heavy atom. The van der Waals surface area contributed by atoms with E-state index in [9.17, 15) is 4.79 Å². The molecule has 4 rings (SSSR count). The van der Waals surface area contributed by atoms with Crippen LogP contribution in [0.5, 0.6) is 0 Å². The number of rotatable bonds is 7. The van der Waals surface area contributed by atoms with Crippen LogP contribution in [-0.4, -0.2) is 46.3 Å². The maximum atomic E-state index is 12.3. The van der Waals surface area contributed by atoms with Crippen LogP contribution in [0.3, 0.4) is 0 Å². The summed E-state index contributed by atoms with van der Waals surface area (Å²) in [6.07, 6.45) is 6.24. The highest BCUT2D eigenvalue weighted by Gasteiger charge is 2.26. The number of esters is 1. The number of anilines is 2. The molecule has 0 aliphatic carbocycles. The van der Waals surface area contributed by atoms with E-state index in [-0.39, 0.29) is 6.04 Å². The fourth-order valence-corrected chi connectivity index (χ4v) is 3.81. The van der Waals surface area contributed by atoms with Crippen molar-refractivity contribution in [3.05, 3.63) is 53.9 Å². The van der Waals surface area contributed by atoms with Crippen molar-refractivity contribution in [2.75, 3.05) is 29.7 Å². The van der Waals surface area contributed by atoms with E-state index in [2.05, 4.69) is 39.4 Å². The smallest absolute Gasteiger partial charge is 0.343 e. The Kier molecular flexibility index (Phi) is 5.85. The lowest BCUT2D eigenvalue weighted by Gasteiger charge is -2.32. The molecule has 0 radical (unpaired) electrons. The van der Waals surface area contributed by atoms with E-state index in [1.54, 1.807) is 11.4 Å².